The van der Waals surface area contributed by atoms with Crippen molar-refractivity contribution in [2.45, 2.75) is 64.6 Å². The topological polar surface area (TPSA) is 92.6 Å². The summed E-state index contributed by atoms with van der Waals surface area (Å²) in [5.41, 5.74) is 1.78. The third kappa shape index (κ3) is 10.6. The Morgan fingerprint density at radius 2 is 2.00 bits per heavy atom. The molecule has 3 rings (SSSR count). The fourth-order valence-electron chi connectivity index (χ4n) is 3.80. The Bertz CT molecular complexity index is 835. The molecule has 1 amide bonds. The monoisotopic (exact) mass is 568 g/mol. The van der Waals surface area contributed by atoms with Gasteiger partial charge in [-0.25, -0.2) is 4.99 Å². The van der Waals surface area contributed by atoms with Crippen molar-refractivity contribution in [1.29, 1.82) is 0 Å². The summed E-state index contributed by atoms with van der Waals surface area (Å²) in [6.07, 6.45) is 11.4. The standard InChI is InChI=1S/C24H36N6O2.HI/c1-2-25-24(26-14-16-32-22-11-5-3-4-6-12-22)27-18-20-9-7-10-21(17-20)29-23(31)19-30-15-8-13-28-30;/h7-10,13,15,17,22H,2-6,11-12,14,16,18-19H2,1H3,(H,29,31)(H2,25,26,27);1H. The minimum atomic E-state index is -0.113. The van der Waals surface area contributed by atoms with Gasteiger partial charge in [0.05, 0.1) is 19.3 Å². The zero-order chi connectivity index (χ0) is 22.4. The number of aromatic nitrogens is 2. The molecule has 0 saturated heterocycles. The highest BCUT2D eigenvalue weighted by Gasteiger charge is 2.12. The number of guanidine groups is 1. The van der Waals surface area contributed by atoms with Gasteiger partial charge in [0.2, 0.25) is 5.91 Å². The fourth-order valence-corrected chi connectivity index (χ4v) is 3.80. The molecule has 1 aromatic carbocycles. The van der Waals surface area contributed by atoms with Crippen molar-refractivity contribution in [3.05, 3.63) is 48.3 Å². The van der Waals surface area contributed by atoms with Gasteiger partial charge < -0.3 is 20.7 Å². The summed E-state index contributed by atoms with van der Waals surface area (Å²) in [5.74, 6) is 0.656. The number of hydrogen-bond donors (Lipinski definition) is 3. The van der Waals surface area contributed by atoms with Crippen LogP contribution in [0.5, 0.6) is 0 Å². The predicted octanol–water partition coefficient (Wildman–Crippen LogP) is 3.93. The molecule has 0 unspecified atom stereocenters. The van der Waals surface area contributed by atoms with E-state index >= 15 is 0 Å². The Hall–Kier alpha value is -2.14. The molecule has 0 atom stereocenters. The van der Waals surface area contributed by atoms with Gasteiger partial charge >= 0.3 is 0 Å². The molecule has 1 fully saturated rings. The van der Waals surface area contributed by atoms with Crippen LogP contribution in [0.1, 0.15) is 51.0 Å². The van der Waals surface area contributed by atoms with E-state index in [4.69, 9.17) is 4.74 Å². The number of carbonyl (C=O) groups is 1. The predicted molar refractivity (Wildman–Crippen MR) is 143 cm³/mol. The summed E-state index contributed by atoms with van der Waals surface area (Å²) in [4.78, 5) is 16.9. The largest absolute Gasteiger partial charge is 0.376 e. The van der Waals surface area contributed by atoms with Crippen molar-refractivity contribution < 1.29 is 9.53 Å². The number of halogens is 1. The van der Waals surface area contributed by atoms with Crippen LogP contribution in [0.3, 0.4) is 0 Å². The lowest BCUT2D eigenvalue weighted by Crippen LogP contribution is -2.39. The first-order valence-electron chi connectivity index (χ1n) is 11.7. The van der Waals surface area contributed by atoms with Gasteiger partial charge in [-0.05, 0) is 43.5 Å². The second-order valence-corrected chi connectivity index (χ2v) is 8.06. The molecule has 1 aliphatic rings. The molecular formula is C24H37IN6O2. The van der Waals surface area contributed by atoms with Crippen molar-refractivity contribution in [3.63, 3.8) is 0 Å². The Morgan fingerprint density at radius 1 is 1.18 bits per heavy atom. The van der Waals surface area contributed by atoms with Crippen LogP contribution < -0.4 is 16.0 Å². The lowest BCUT2D eigenvalue weighted by Gasteiger charge is -2.16. The minimum absolute atomic E-state index is 0. The van der Waals surface area contributed by atoms with Crippen molar-refractivity contribution in [2.75, 3.05) is 25.0 Å². The third-order valence-electron chi connectivity index (χ3n) is 5.39. The maximum atomic E-state index is 12.2. The van der Waals surface area contributed by atoms with E-state index in [0.717, 1.165) is 30.3 Å². The van der Waals surface area contributed by atoms with E-state index in [1.54, 1.807) is 23.1 Å². The fraction of sp³-hybridized carbons (Fsp3) is 0.542. The number of amides is 1. The molecule has 9 heteroatoms. The highest BCUT2D eigenvalue weighted by molar-refractivity contribution is 14.0. The van der Waals surface area contributed by atoms with Gasteiger partial charge in [0.15, 0.2) is 5.96 Å². The minimum Gasteiger partial charge on any atom is -0.376 e. The van der Waals surface area contributed by atoms with Gasteiger partial charge in [0, 0.05) is 31.2 Å². The first-order valence-corrected chi connectivity index (χ1v) is 11.7. The van der Waals surface area contributed by atoms with Gasteiger partial charge in [-0.15, -0.1) is 24.0 Å². The first-order chi connectivity index (χ1) is 15.7. The van der Waals surface area contributed by atoms with Gasteiger partial charge in [-0.3, -0.25) is 9.48 Å². The van der Waals surface area contributed by atoms with Crippen LogP contribution in [0.25, 0.3) is 0 Å². The van der Waals surface area contributed by atoms with E-state index in [1.807, 2.05) is 24.3 Å². The molecule has 8 nitrogen and oxygen atoms in total. The number of benzene rings is 1. The number of carbonyl (C=O) groups excluding carboxylic acids is 1. The van der Waals surface area contributed by atoms with Gasteiger partial charge in [-0.2, -0.15) is 5.10 Å². The maximum Gasteiger partial charge on any atom is 0.246 e. The third-order valence-corrected chi connectivity index (χ3v) is 5.39. The van der Waals surface area contributed by atoms with E-state index < -0.39 is 0 Å². The average Bonchev–Trinajstić information content (AvgIpc) is 3.15. The van der Waals surface area contributed by atoms with Crippen LogP contribution in [0, 0.1) is 0 Å². The van der Waals surface area contributed by atoms with E-state index in [-0.39, 0.29) is 36.4 Å². The van der Waals surface area contributed by atoms with Crippen molar-refractivity contribution in [1.82, 2.24) is 20.4 Å². The van der Waals surface area contributed by atoms with Gasteiger partial charge in [0.25, 0.3) is 0 Å². The number of nitrogens with zero attached hydrogens (tertiary/aromatic N) is 3. The molecule has 0 radical (unpaired) electrons. The van der Waals surface area contributed by atoms with Crippen molar-refractivity contribution >= 4 is 41.5 Å². The second-order valence-electron chi connectivity index (χ2n) is 8.06. The number of aliphatic imine (C=N–C) groups is 1. The van der Waals surface area contributed by atoms with Gasteiger partial charge in [0.1, 0.15) is 6.54 Å². The Labute approximate surface area is 214 Å². The molecule has 0 bridgehead atoms. The molecule has 1 heterocycles. The number of rotatable bonds is 10. The van der Waals surface area contributed by atoms with E-state index in [0.29, 0.717) is 19.3 Å². The summed E-state index contributed by atoms with van der Waals surface area (Å²) in [7, 11) is 0. The van der Waals surface area contributed by atoms with Crippen molar-refractivity contribution in [3.8, 4) is 0 Å². The quantitative estimate of drug-likeness (QED) is 0.133. The Balaban J connectivity index is 0.00000385. The summed E-state index contributed by atoms with van der Waals surface area (Å²) >= 11 is 0. The average molecular weight is 569 g/mol. The highest BCUT2D eigenvalue weighted by atomic mass is 127. The molecule has 1 aliphatic carbocycles. The summed E-state index contributed by atoms with van der Waals surface area (Å²) in [6.45, 7) is 4.96. The molecule has 33 heavy (non-hydrogen) atoms. The summed E-state index contributed by atoms with van der Waals surface area (Å²) in [5, 5.41) is 13.6. The van der Waals surface area contributed by atoms with Crippen molar-refractivity contribution in [2.24, 2.45) is 4.99 Å². The zero-order valence-electron chi connectivity index (χ0n) is 19.5. The van der Waals surface area contributed by atoms with Crippen LogP contribution in [0.15, 0.2) is 47.7 Å². The molecule has 3 N–H and O–H groups in total. The molecular weight excluding hydrogens is 531 g/mol. The normalized spacial score (nSPS) is 14.8. The molecule has 2 aromatic rings. The molecule has 182 valence electrons. The number of hydrogen-bond acceptors (Lipinski definition) is 4. The second kappa shape index (κ2) is 15.7. The Morgan fingerprint density at radius 3 is 2.73 bits per heavy atom. The number of nitrogens with one attached hydrogen (secondary N) is 3. The SMILES string of the molecule is CCNC(=NCc1cccc(NC(=O)Cn2cccn2)c1)NCCOC1CCCCCC1.I. The van der Waals surface area contributed by atoms with E-state index in [1.165, 1.54) is 38.5 Å². The van der Waals surface area contributed by atoms with Crippen LogP contribution in [0.4, 0.5) is 5.69 Å². The number of ether oxygens (including phenoxy) is 1. The van der Waals surface area contributed by atoms with Crippen LogP contribution in [-0.4, -0.2) is 47.4 Å². The lowest BCUT2D eigenvalue weighted by atomic mass is 10.1. The molecule has 0 spiro atoms. The summed E-state index contributed by atoms with van der Waals surface area (Å²) in [6, 6.07) is 9.55. The van der Waals surface area contributed by atoms with Crippen LogP contribution in [-0.2, 0) is 22.6 Å². The highest BCUT2D eigenvalue weighted by Crippen LogP contribution is 2.19. The van der Waals surface area contributed by atoms with Crippen LogP contribution >= 0.6 is 24.0 Å². The van der Waals surface area contributed by atoms with E-state index in [9.17, 15) is 4.79 Å². The molecule has 1 saturated carbocycles. The van der Waals surface area contributed by atoms with Gasteiger partial charge in [-0.1, -0.05) is 37.8 Å². The first kappa shape index (κ1) is 27.1. The molecule has 0 aliphatic heterocycles. The maximum absolute atomic E-state index is 12.2. The zero-order valence-corrected chi connectivity index (χ0v) is 21.8. The Kier molecular flexibility index (Phi) is 12.9. The molecule has 1 aromatic heterocycles. The number of anilines is 1. The smallest absolute Gasteiger partial charge is 0.246 e. The van der Waals surface area contributed by atoms with E-state index in [2.05, 4.69) is 33.0 Å². The van der Waals surface area contributed by atoms with Crippen LogP contribution in [0.2, 0.25) is 0 Å². The lowest BCUT2D eigenvalue weighted by molar-refractivity contribution is -0.116. The summed E-state index contributed by atoms with van der Waals surface area (Å²) < 4.78 is 7.65.